The van der Waals surface area contributed by atoms with Gasteiger partial charge < -0.3 is 24.6 Å². The number of ether oxygens (including phenoxy) is 3. The molecule has 2 aliphatic heterocycles. The number of nitrogens with zero attached hydrogens (tertiary/aromatic N) is 1. The molecule has 46 heavy (non-hydrogen) atoms. The fourth-order valence-corrected chi connectivity index (χ4v) is 8.14. The van der Waals surface area contributed by atoms with Crippen molar-refractivity contribution in [2.24, 2.45) is 10.8 Å². The van der Waals surface area contributed by atoms with Crippen molar-refractivity contribution in [3.63, 3.8) is 0 Å². The Morgan fingerprint density at radius 3 is 2.50 bits per heavy atom. The van der Waals surface area contributed by atoms with E-state index in [1.807, 2.05) is 24.3 Å². The average Bonchev–Trinajstić information content (AvgIpc) is 3.29. The van der Waals surface area contributed by atoms with E-state index in [9.17, 15) is 9.90 Å². The Morgan fingerprint density at radius 1 is 1.00 bits per heavy atom. The third kappa shape index (κ3) is 7.72. The number of hydrogen-bond acceptors (Lipinski definition) is 6. The number of aliphatic hydroxyl groups excluding tert-OH is 1. The van der Waals surface area contributed by atoms with E-state index in [4.69, 9.17) is 14.2 Å². The smallest absolute Gasteiger partial charge is 0.407 e. The molecule has 244 valence electrons. The van der Waals surface area contributed by atoms with Crippen LogP contribution in [0.3, 0.4) is 0 Å². The van der Waals surface area contributed by atoms with Crippen LogP contribution in [-0.4, -0.2) is 47.9 Å². The van der Waals surface area contributed by atoms with E-state index < -0.39 is 12.4 Å². The van der Waals surface area contributed by atoms with E-state index in [0.717, 1.165) is 52.9 Å². The lowest BCUT2D eigenvalue weighted by atomic mass is 9.65. The van der Waals surface area contributed by atoms with Gasteiger partial charge in [-0.1, -0.05) is 100 Å². The molecule has 3 aliphatic rings. The molecule has 3 fully saturated rings. The van der Waals surface area contributed by atoms with Gasteiger partial charge in [0.25, 0.3) is 0 Å². The zero-order valence-electron chi connectivity index (χ0n) is 27.4. The summed E-state index contributed by atoms with van der Waals surface area (Å²) in [5.74, 6) is 0. The van der Waals surface area contributed by atoms with Crippen LogP contribution in [0.1, 0.15) is 81.1 Å². The van der Waals surface area contributed by atoms with Gasteiger partial charge in [0, 0.05) is 37.7 Å². The van der Waals surface area contributed by atoms with Gasteiger partial charge >= 0.3 is 6.09 Å². The maximum absolute atomic E-state index is 11.9. The Bertz CT molecular complexity index is 1500. The van der Waals surface area contributed by atoms with E-state index >= 15 is 0 Å². The molecule has 3 aromatic rings. The lowest BCUT2D eigenvalue weighted by Crippen LogP contribution is -2.42. The van der Waals surface area contributed by atoms with Crippen molar-refractivity contribution >= 4 is 6.09 Å². The summed E-state index contributed by atoms with van der Waals surface area (Å²) < 4.78 is 18.4. The highest BCUT2D eigenvalue weighted by Crippen LogP contribution is 2.53. The van der Waals surface area contributed by atoms with Crippen LogP contribution in [0.25, 0.3) is 11.1 Å². The fourth-order valence-electron chi connectivity index (χ4n) is 8.14. The van der Waals surface area contributed by atoms with Gasteiger partial charge in [0.05, 0.1) is 18.8 Å². The van der Waals surface area contributed by atoms with Crippen LogP contribution < -0.4 is 5.32 Å². The van der Waals surface area contributed by atoms with E-state index in [2.05, 4.69) is 86.1 Å². The number of nitrogens with one attached hydrogen (secondary N) is 1. The highest BCUT2D eigenvalue weighted by Gasteiger charge is 2.50. The number of rotatable bonds is 10. The van der Waals surface area contributed by atoms with Crippen LogP contribution in [0.2, 0.25) is 0 Å². The number of carbonyl (C=O) groups excluding carboxylic acids is 1. The van der Waals surface area contributed by atoms with Gasteiger partial charge in [-0.3, -0.25) is 4.90 Å². The number of alkyl carbamates (subject to hydrolysis) is 1. The van der Waals surface area contributed by atoms with Crippen LogP contribution in [0, 0.1) is 10.8 Å². The van der Waals surface area contributed by atoms with Crippen molar-refractivity contribution in [2.45, 2.75) is 84.1 Å². The summed E-state index contributed by atoms with van der Waals surface area (Å²) in [7, 11) is 0. The summed E-state index contributed by atoms with van der Waals surface area (Å²) in [5.41, 5.74) is 6.85. The molecule has 2 saturated heterocycles. The lowest BCUT2D eigenvalue weighted by Gasteiger charge is -2.41. The fraction of sp³-hybridized carbons (Fsp3) is 0.462. The van der Waals surface area contributed by atoms with Crippen LogP contribution in [0.4, 0.5) is 4.79 Å². The molecule has 2 N–H and O–H groups in total. The second-order valence-corrected chi connectivity index (χ2v) is 14.6. The highest BCUT2D eigenvalue weighted by atomic mass is 16.7. The molecule has 1 aliphatic carbocycles. The minimum Gasteiger partial charge on any atom is -0.445 e. The van der Waals surface area contributed by atoms with Crippen LogP contribution >= 0.6 is 0 Å². The summed E-state index contributed by atoms with van der Waals surface area (Å²) in [6, 6.07) is 25.2. The number of benzene rings is 3. The number of carbonyl (C=O) groups is 1. The Labute approximate surface area is 273 Å². The summed E-state index contributed by atoms with van der Waals surface area (Å²) in [4.78, 5) is 14.5. The standard InChI is InChI=1S/C39H48N2O5/c1-5-17-44-37(43)40-22-28-7-6-8-32(18-28)29-13-15-31(16-14-29)36-45-34(19-35(46-36)30-11-9-27(24-42)10-12-30)23-41-26-39(4)21-33(41)20-38(2,3)25-39/h5-16,18,33-36,42H,1,17,19-26H2,2-4H3,(H,40,43). The van der Waals surface area contributed by atoms with E-state index in [-0.39, 0.29) is 25.4 Å². The molecule has 0 aromatic heterocycles. The zero-order chi connectivity index (χ0) is 32.3. The minimum atomic E-state index is -0.485. The van der Waals surface area contributed by atoms with Gasteiger partial charge in [-0.05, 0) is 64.0 Å². The second kappa shape index (κ2) is 13.7. The zero-order valence-corrected chi connectivity index (χ0v) is 27.4. The molecule has 0 radical (unpaired) electrons. The number of hydrogen-bond donors (Lipinski definition) is 2. The summed E-state index contributed by atoms with van der Waals surface area (Å²) >= 11 is 0. The molecular formula is C39H48N2O5. The van der Waals surface area contributed by atoms with Gasteiger partial charge in [0.15, 0.2) is 6.29 Å². The first-order valence-electron chi connectivity index (χ1n) is 16.6. The Hall–Kier alpha value is -3.49. The molecule has 2 heterocycles. The predicted octanol–water partition coefficient (Wildman–Crippen LogP) is 7.70. The quantitative estimate of drug-likeness (QED) is 0.225. The lowest BCUT2D eigenvalue weighted by molar-refractivity contribution is -0.253. The Balaban J connectivity index is 1.18. The van der Waals surface area contributed by atoms with Gasteiger partial charge in [-0.15, -0.1) is 0 Å². The normalized spacial score (nSPS) is 27.2. The molecule has 5 unspecified atom stereocenters. The summed E-state index contributed by atoms with van der Waals surface area (Å²) in [5, 5.41) is 12.4. The molecule has 2 bridgehead atoms. The van der Waals surface area contributed by atoms with Crippen LogP contribution in [0.15, 0.2) is 85.5 Å². The molecule has 0 spiro atoms. The first-order valence-corrected chi connectivity index (χ1v) is 16.6. The van der Waals surface area contributed by atoms with Crippen molar-refractivity contribution in [2.75, 3.05) is 19.7 Å². The predicted molar refractivity (Wildman–Crippen MR) is 180 cm³/mol. The average molecular weight is 625 g/mol. The Morgan fingerprint density at radius 2 is 1.76 bits per heavy atom. The third-order valence-electron chi connectivity index (χ3n) is 9.79. The molecular weight excluding hydrogens is 576 g/mol. The van der Waals surface area contributed by atoms with Crippen LogP contribution in [0.5, 0.6) is 0 Å². The highest BCUT2D eigenvalue weighted by molar-refractivity contribution is 5.68. The first-order chi connectivity index (χ1) is 22.1. The third-order valence-corrected chi connectivity index (χ3v) is 9.79. The maximum atomic E-state index is 11.9. The first kappa shape index (κ1) is 32.5. The van der Waals surface area contributed by atoms with E-state index in [1.165, 1.54) is 19.3 Å². The SMILES string of the molecule is C=CCOC(=O)NCc1cccc(-c2ccc(C3OC(CN4CC5(C)CC4CC(C)(C)C5)CC(c4ccc(CO)cc4)O3)cc2)c1. The number of likely N-dealkylation sites (tertiary alicyclic amines) is 1. The summed E-state index contributed by atoms with van der Waals surface area (Å²) in [6.07, 6.45) is 5.10. The molecule has 7 nitrogen and oxygen atoms in total. The van der Waals surface area contributed by atoms with Gasteiger partial charge in [0.2, 0.25) is 0 Å². The molecule has 1 saturated carbocycles. The van der Waals surface area contributed by atoms with Crippen LogP contribution in [-0.2, 0) is 27.4 Å². The van der Waals surface area contributed by atoms with Crippen molar-refractivity contribution in [3.05, 3.63) is 108 Å². The Kier molecular flexibility index (Phi) is 9.67. The van der Waals surface area contributed by atoms with Crippen molar-refractivity contribution in [3.8, 4) is 11.1 Å². The summed E-state index contributed by atoms with van der Waals surface area (Å²) in [6.45, 7) is 13.5. The van der Waals surface area contributed by atoms with E-state index in [1.54, 1.807) is 6.08 Å². The van der Waals surface area contributed by atoms with E-state index in [0.29, 0.717) is 23.4 Å². The van der Waals surface area contributed by atoms with Gasteiger partial charge in [0.1, 0.15) is 6.61 Å². The minimum absolute atomic E-state index is 0.0275. The molecule has 5 atom stereocenters. The number of fused-ring (bicyclic) bond motifs is 2. The maximum Gasteiger partial charge on any atom is 0.407 e. The number of aliphatic hydroxyl groups is 1. The molecule has 3 aromatic carbocycles. The molecule has 6 rings (SSSR count). The van der Waals surface area contributed by atoms with Crippen molar-refractivity contribution in [1.82, 2.24) is 10.2 Å². The topological polar surface area (TPSA) is 80.3 Å². The molecule has 7 heteroatoms. The van der Waals surface area contributed by atoms with Crippen molar-refractivity contribution < 1.29 is 24.1 Å². The monoisotopic (exact) mass is 624 g/mol. The second-order valence-electron chi connectivity index (χ2n) is 14.6. The number of amides is 1. The van der Waals surface area contributed by atoms with Gasteiger partial charge in [-0.25, -0.2) is 4.79 Å². The van der Waals surface area contributed by atoms with Gasteiger partial charge in [-0.2, -0.15) is 0 Å². The molecule has 1 amide bonds. The van der Waals surface area contributed by atoms with Crippen molar-refractivity contribution in [1.29, 1.82) is 0 Å². The largest absolute Gasteiger partial charge is 0.445 e.